The summed E-state index contributed by atoms with van der Waals surface area (Å²) in [7, 11) is -2.15. The van der Waals surface area contributed by atoms with Gasteiger partial charge in [0.2, 0.25) is 0 Å². The number of nitrogens with one attached hydrogen (secondary N) is 1. The van der Waals surface area contributed by atoms with Gasteiger partial charge in [-0.3, -0.25) is 0 Å². The highest BCUT2D eigenvalue weighted by Gasteiger charge is 2.14. The van der Waals surface area contributed by atoms with Crippen molar-refractivity contribution < 1.29 is 17.9 Å². The Kier molecular flexibility index (Phi) is 5.86. The molecule has 0 atom stereocenters. The number of halogens is 1. The quantitative estimate of drug-likeness (QED) is 0.596. The fraction of sp³-hybridized carbons (Fsp3) is 0.214. The van der Waals surface area contributed by atoms with Crippen molar-refractivity contribution in [3.63, 3.8) is 0 Å². The maximum atomic E-state index is 11.9. The summed E-state index contributed by atoms with van der Waals surface area (Å²) in [6.45, 7) is 2.29. The van der Waals surface area contributed by atoms with E-state index >= 15 is 0 Å². The van der Waals surface area contributed by atoms with E-state index in [1.54, 1.807) is 23.6 Å². The van der Waals surface area contributed by atoms with Crippen LogP contribution >= 0.6 is 22.9 Å². The summed E-state index contributed by atoms with van der Waals surface area (Å²) in [6, 6.07) is 6.41. The highest BCUT2D eigenvalue weighted by Crippen LogP contribution is 2.35. The number of benzene rings is 1. The highest BCUT2D eigenvalue weighted by atomic mass is 35.5. The SMILES string of the molecule is CCOc1c(Cl)cc(/C=N/NS(=O)(=O)c2cccs2)cc1OC. The topological polar surface area (TPSA) is 77.0 Å². The average molecular weight is 375 g/mol. The second-order valence-corrected chi connectivity index (χ2v) is 7.49. The fourth-order valence-electron chi connectivity index (χ4n) is 1.73. The lowest BCUT2D eigenvalue weighted by molar-refractivity contribution is 0.311. The first kappa shape index (κ1) is 17.6. The zero-order valence-corrected chi connectivity index (χ0v) is 14.8. The number of thiophene rings is 1. The number of methoxy groups -OCH3 is 1. The number of hydrogen-bond acceptors (Lipinski definition) is 6. The second-order valence-electron chi connectivity index (χ2n) is 4.25. The Morgan fingerprint density at radius 3 is 2.83 bits per heavy atom. The van der Waals surface area contributed by atoms with E-state index < -0.39 is 10.0 Å². The van der Waals surface area contributed by atoms with Crippen LogP contribution < -0.4 is 14.3 Å². The van der Waals surface area contributed by atoms with Gasteiger partial charge < -0.3 is 9.47 Å². The maximum absolute atomic E-state index is 11.9. The molecule has 0 bridgehead atoms. The van der Waals surface area contributed by atoms with Gasteiger partial charge in [-0.05, 0) is 36.1 Å². The van der Waals surface area contributed by atoms with Crippen LogP contribution in [0.25, 0.3) is 0 Å². The normalized spacial score (nSPS) is 11.6. The number of sulfonamides is 1. The molecule has 1 N–H and O–H groups in total. The number of ether oxygens (including phenoxy) is 2. The van der Waals surface area contributed by atoms with Crippen LogP contribution in [0.4, 0.5) is 0 Å². The fourth-order valence-corrected chi connectivity index (χ4v) is 3.78. The minimum Gasteiger partial charge on any atom is -0.493 e. The zero-order chi connectivity index (χ0) is 16.9. The third kappa shape index (κ3) is 4.37. The van der Waals surface area contributed by atoms with Gasteiger partial charge in [-0.2, -0.15) is 18.4 Å². The molecule has 0 unspecified atom stereocenters. The van der Waals surface area contributed by atoms with Gasteiger partial charge in [0.15, 0.2) is 11.5 Å². The van der Waals surface area contributed by atoms with Crippen LogP contribution in [0.15, 0.2) is 39.0 Å². The Labute approximate surface area is 143 Å². The van der Waals surface area contributed by atoms with Crippen LogP contribution in [-0.2, 0) is 10.0 Å². The summed E-state index contributed by atoms with van der Waals surface area (Å²) in [6.07, 6.45) is 1.34. The van der Waals surface area contributed by atoms with Gasteiger partial charge in [-0.25, -0.2) is 0 Å². The summed E-state index contributed by atoms with van der Waals surface area (Å²) < 4.78 is 34.7. The first-order valence-corrected chi connectivity index (χ1v) is 9.30. The van der Waals surface area contributed by atoms with Crippen molar-refractivity contribution in [2.45, 2.75) is 11.1 Å². The largest absolute Gasteiger partial charge is 0.493 e. The molecule has 0 saturated carbocycles. The maximum Gasteiger partial charge on any atom is 0.286 e. The van der Waals surface area contributed by atoms with Gasteiger partial charge in [0, 0.05) is 0 Å². The molecule has 9 heteroatoms. The molecular formula is C14H15ClN2O4S2. The van der Waals surface area contributed by atoms with Crippen LogP contribution in [-0.4, -0.2) is 28.3 Å². The lowest BCUT2D eigenvalue weighted by Gasteiger charge is -2.11. The zero-order valence-electron chi connectivity index (χ0n) is 12.4. The summed E-state index contributed by atoms with van der Waals surface area (Å²) in [5.41, 5.74) is 0.573. The van der Waals surface area contributed by atoms with E-state index in [2.05, 4.69) is 9.93 Å². The number of nitrogens with zero attached hydrogens (tertiary/aromatic N) is 1. The van der Waals surface area contributed by atoms with Gasteiger partial charge in [0.1, 0.15) is 4.21 Å². The van der Waals surface area contributed by atoms with E-state index in [0.29, 0.717) is 28.7 Å². The van der Waals surface area contributed by atoms with E-state index in [9.17, 15) is 8.42 Å². The molecule has 1 heterocycles. The van der Waals surface area contributed by atoms with E-state index in [0.717, 1.165) is 11.3 Å². The van der Waals surface area contributed by atoms with E-state index in [1.165, 1.54) is 19.4 Å². The van der Waals surface area contributed by atoms with E-state index in [-0.39, 0.29) is 4.21 Å². The van der Waals surface area contributed by atoms with Gasteiger partial charge in [0.25, 0.3) is 10.0 Å². The molecule has 0 fully saturated rings. The number of hydrazone groups is 1. The molecule has 0 aliphatic rings. The molecule has 2 rings (SSSR count). The lowest BCUT2D eigenvalue weighted by Crippen LogP contribution is -2.17. The second kappa shape index (κ2) is 7.67. The summed E-state index contributed by atoms with van der Waals surface area (Å²) >= 11 is 7.25. The molecule has 1 aromatic carbocycles. The van der Waals surface area contributed by atoms with Crippen molar-refractivity contribution in [2.24, 2.45) is 5.10 Å². The Morgan fingerprint density at radius 1 is 1.43 bits per heavy atom. The Hall–Kier alpha value is -1.77. The van der Waals surface area contributed by atoms with Crippen molar-refractivity contribution in [1.82, 2.24) is 4.83 Å². The monoisotopic (exact) mass is 374 g/mol. The number of rotatable bonds is 7. The van der Waals surface area contributed by atoms with E-state index in [4.69, 9.17) is 21.1 Å². The standard InChI is InChI=1S/C14H15ClN2O4S2/c1-3-21-14-11(15)7-10(8-12(14)20-2)9-16-17-23(18,19)13-5-4-6-22-13/h4-9,17H,3H2,1-2H3/b16-9+. The molecule has 6 nitrogen and oxygen atoms in total. The Bertz CT molecular complexity index is 789. The molecule has 1 aromatic heterocycles. The Balaban J connectivity index is 2.18. The predicted octanol–water partition coefficient (Wildman–Crippen LogP) is 3.12. The summed E-state index contributed by atoms with van der Waals surface area (Å²) in [5, 5.41) is 5.78. The predicted molar refractivity (Wildman–Crippen MR) is 91.4 cm³/mol. The molecule has 124 valence electrons. The van der Waals surface area contributed by atoms with Crippen molar-refractivity contribution in [1.29, 1.82) is 0 Å². The molecule has 0 aliphatic heterocycles. The molecule has 0 spiro atoms. The van der Waals surface area contributed by atoms with Gasteiger partial charge in [-0.15, -0.1) is 11.3 Å². The first-order chi connectivity index (χ1) is 11.0. The van der Waals surface area contributed by atoms with Crippen molar-refractivity contribution in [3.05, 3.63) is 40.2 Å². The number of hydrogen-bond donors (Lipinski definition) is 1. The Morgan fingerprint density at radius 2 is 2.22 bits per heavy atom. The van der Waals surface area contributed by atoms with Gasteiger partial charge in [-0.1, -0.05) is 17.7 Å². The van der Waals surface area contributed by atoms with Crippen LogP contribution in [0.3, 0.4) is 0 Å². The van der Waals surface area contributed by atoms with Crippen molar-refractivity contribution in [3.8, 4) is 11.5 Å². The third-order valence-electron chi connectivity index (χ3n) is 2.69. The van der Waals surface area contributed by atoms with Crippen LogP contribution in [0, 0.1) is 0 Å². The summed E-state index contributed by atoms with van der Waals surface area (Å²) in [5.74, 6) is 0.884. The molecular weight excluding hydrogens is 360 g/mol. The molecule has 0 saturated heterocycles. The minimum atomic E-state index is -3.65. The van der Waals surface area contributed by atoms with Crippen molar-refractivity contribution in [2.75, 3.05) is 13.7 Å². The van der Waals surface area contributed by atoms with Gasteiger partial charge in [0.05, 0.1) is 25.0 Å². The first-order valence-electron chi connectivity index (χ1n) is 6.56. The van der Waals surface area contributed by atoms with E-state index in [1.807, 2.05) is 6.92 Å². The summed E-state index contributed by atoms with van der Waals surface area (Å²) in [4.78, 5) is 2.14. The molecule has 0 radical (unpaired) electrons. The third-order valence-corrected chi connectivity index (χ3v) is 5.59. The van der Waals surface area contributed by atoms with Crippen LogP contribution in [0.5, 0.6) is 11.5 Å². The van der Waals surface area contributed by atoms with Crippen LogP contribution in [0.1, 0.15) is 12.5 Å². The smallest absolute Gasteiger partial charge is 0.286 e. The van der Waals surface area contributed by atoms with Crippen LogP contribution in [0.2, 0.25) is 5.02 Å². The molecule has 0 aliphatic carbocycles. The highest BCUT2D eigenvalue weighted by molar-refractivity contribution is 7.91. The van der Waals surface area contributed by atoms with Crippen molar-refractivity contribution >= 4 is 39.2 Å². The molecule has 0 amide bonds. The lowest BCUT2D eigenvalue weighted by atomic mass is 10.2. The average Bonchev–Trinajstić information content (AvgIpc) is 3.04. The molecule has 2 aromatic rings. The minimum absolute atomic E-state index is 0.192. The van der Waals surface area contributed by atoms with Gasteiger partial charge >= 0.3 is 0 Å². The molecule has 23 heavy (non-hydrogen) atoms.